The van der Waals surface area contributed by atoms with Crippen LogP contribution in [0, 0.1) is 0 Å². The minimum Gasteiger partial charge on any atom is -0.461 e. The maximum absolute atomic E-state index is 12.4. The van der Waals surface area contributed by atoms with Gasteiger partial charge in [0, 0.05) is 18.3 Å². The fourth-order valence-electron chi connectivity index (χ4n) is 2.71. The Bertz CT molecular complexity index is 845. The molecule has 22 heavy (non-hydrogen) atoms. The van der Waals surface area contributed by atoms with Crippen LogP contribution in [0.15, 0.2) is 52.6 Å². The lowest BCUT2D eigenvalue weighted by molar-refractivity contribution is 0.0902. The molecule has 1 unspecified atom stereocenters. The van der Waals surface area contributed by atoms with Crippen molar-refractivity contribution in [2.75, 3.05) is 0 Å². The molecule has 3 aromatic heterocycles. The van der Waals surface area contributed by atoms with Gasteiger partial charge in [-0.1, -0.05) is 0 Å². The van der Waals surface area contributed by atoms with Crippen molar-refractivity contribution < 1.29 is 14.0 Å². The van der Waals surface area contributed by atoms with Crippen LogP contribution in [0.5, 0.6) is 0 Å². The maximum atomic E-state index is 12.4. The lowest BCUT2D eigenvalue weighted by Crippen LogP contribution is -2.29. The van der Waals surface area contributed by atoms with Crippen molar-refractivity contribution in [2.45, 2.75) is 12.5 Å². The third-order valence-electron chi connectivity index (χ3n) is 3.74. The van der Waals surface area contributed by atoms with E-state index in [0.29, 0.717) is 11.3 Å². The van der Waals surface area contributed by atoms with Crippen molar-refractivity contribution in [3.63, 3.8) is 0 Å². The molecular weight excluding hydrogens is 300 g/mol. The van der Waals surface area contributed by atoms with Crippen molar-refractivity contribution in [3.8, 4) is 5.00 Å². The van der Waals surface area contributed by atoms with E-state index >= 15 is 0 Å². The summed E-state index contributed by atoms with van der Waals surface area (Å²) in [6, 6.07) is 8.58. The second-order valence-corrected chi connectivity index (χ2v) is 5.97. The topological polar surface area (TPSA) is 64.2 Å². The number of carbonyl (C=O) groups is 2. The highest BCUT2D eigenvalue weighted by atomic mass is 32.1. The number of nitrogens with zero attached hydrogens (tertiary/aromatic N) is 1. The Hall–Kier alpha value is -2.60. The number of Topliss-reactive ketones (excluding diaryl/α,β-unsaturated/α-hetero) is 1. The van der Waals surface area contributed by atoms with E-state index in [9.17, 15) is 9.59 Å². The molecule has 6 heteroatoms. The number of amides is 1. The highest BCUT2D eigenvalue weighted by molar-refractivity contribution is 7.13. The summed E-state index contributed by atoms with van der Waals surface area (Å²) in [5.41, 5.74) is 1.53. The van der Waals surface area contributed by atoms with Crippen molar-refractivity contribution in [1.29, 1.82) is 0 Å². The molecule has 5 nitrogen and oxygen atoms in total. The Morgan fingerprint density at radius 1 is 1.32 bits per heavy atom. The van der Waals surface area contributed by atoms with Crippen LogP contribution in [0.4, 0.5) is 0 Å². The van der Waals surface area contributed by atoms with E-state index in [2.05, 4.69) is 5.32 Å². The Morgan fingerprint density at radius 3 is 3.05 bits per heavy atom. The van der Waals surface area contributed by atoms with Gasteiger partial charge in [0.25, 0.3) is 5.91 Å². The highest BCUT2D eigenvalue weighted by Crippen LogP contribution is 2.31. The van der Waals surface area contributed by atoms with E-state index < -0.39 is 0 Å². The Labute approximate surface area is 130 Å². The number of furan rings is 1. The summed E-state index contributed by atoms with van der Waals surface area (Å²) < 4.78 is 7.11. The molecule has 0 bridgehead atoms. The van der Waals surface area contributed by atoms with Crippen LogP contribution in [0.25, 0.3) is 5.00 Å². The highest BCUT2D eigenvalue weighted by Gasteiger charge is 2.29. The van der Waals surface area contributed by atoms with E-state index in [1.807, 2.05) is 28.3 Å². The molecule has 1 atom stereocenters. The number of hydrogen-bond acceptors (Lipinski definition) is 4. The van der Waals surface area contributed by atoms with Gasteiger partial charge >= 0.3 is 0 Å². The van der Waals surface area contributed by atoms with E-state index in [-0.39, 0.29) is 24.2 Å². The lowest BCUT2D eigenvalue weighted by atomic mass is 10.1. The molecule has 4 heterocycles. The van der Waals surface area contributed by atoms with E-state index in [0.717, 1.165) is 10.7 Å². The summed E-state index contributed by atoms with van der Waals surface area (Å²) in [5, 5.41) is 5.71. The van der Waals surface area contributed by atoms with Gasteiger partial charge in [-0.15, -0.1) is 11.3 Å². The summed E-state index contributed by atoms with van der Waals surface area (Å²) in [6.07, 6.45) is 3.55. The number of rotatable bonds is 3. The first-order valence-corrected chi connectivity index (χ1v) is 7.74. The van der Waals surface area contributed by atoms with E-state index in [1.165, 1.54) is 17.6 Å². The van der Waals surface area contributed by atoms with Gasteiger partial charge in [0.1, 0.15) is 5.00 Å². The number of hydrogen-bond donors (Lipinski definition) is 1. The third-order valence-corrected chi connectivity index (χ3v) is 4.65. The smallest absolute Gasteiger partial charge is 0.254 e. The molecule has 0 fully saturated rings. The number of nitrogens with one attached hydrogen (secondary N) is 1. The van der Waals surface area contributed by atoms with E-state index in [1.54, 1.807) is 18.2 Å². The van der Waals surface area contributed by atoms with Gasteiger partial charge < -0.3 is 14.3 Å². The normalized spacial score (nSPS) is 16.5. The molecular formula is C16H12N2O3S. The van der Waals surface area contributed by atoms with Gasteiger partial charge in [-0.3, -0.25) is 9.59 Å². The summed E-state index contributed by atoms with van der Waals surface area (Å²) in [7, 11) is 0. The SMILES string of the molecule is O=C(CC1NC(=O)c2ccsc2-n2cccc21)c1ccco1. The zero-order chi connectivity index (χ0) is 15.1. The predicted molar refractivity (Wildman–Crippen MR) is 81.5 cm³/mol. The zero-order valence-electron chi connectivity index (χ0n) is 11.5. The van der Waals surface area contributed by atoms with Crippen LogP contribution in [0.3, 0.4) is 0 Å². The number of thiophene rings is 1. The molecule has 4 rings (SSSR count). The van der Waals surface area contributed by atoms with Gasteiger partial charge in [0.2, 0.25) is 0 Å². The van der Waals surface area contributed by atoms with Gasteiger partial charge in [0.15, 0.2) is 11.5 Å². The summed E-state index contributed by atoms with van der Waals surface area (Å²) >= 11 is 1.51. The summed E-state index contributed by atoms with van der Waals surface area (Å²) in [6.45, 7) is 0. The molecule has 0 aliphatic carbocycles. The fraction of sp³-hybridized carbons (Fsp3) is 0.125. The minimum atomic E-state index is -0.375. The Kier molecular flexibility index (Phi) is 2.97. The molecule has 1 amide bonds. The lowest BCUT2D eigenvalue weighted by Gasteiger charge is -2.16. The van der Waals surface area contributed by atoms with Gasteiger partial charge in [-0.25, -0.2) is 0 Å². The largest absolute Gasteiger partial charge is 0.461 e. The number of fused-ring (bicyclic) bond motifs is 3. The molecule has 0 radical (unpaired) electrons. The molecule has 0 saturated heterocycles. The first-order chi connectivity index (χ1) is 10.7. The minimum absolute atomic E-state index is 0.131. The van der Waals surface area contributed by atoms with Crippen molar-refractivity contribution >= 4 is 23.0 Å². The Balaban J connectivity index is 1.71. The van der Waals surface area contributed by atoms with Crippen LogP contribution in [0.1, 0.15) is 39.1 Å². The van der Waals surface area contributed by atoms with Crippen LogP contribution in [-0.4, -0.2) is 16.3 Å². The van der Waals surface area contributed by atoms with Crippen molar-refractivity contribution in [2.24, 2.45) is 0 Å². The maximum Gasteiger partial charge on any atom is 0.254 e. The van der Waals surface area contributed by atoms with Gasteiger partial charge in [-0.05, 0) is 35.7 Å². The quantitative estimate of drug-likeness (QED) is 0.755. The molecule has 0 spiro atoms. The number of aromatic nitrogens is 1. The van der Waals surface area contributed by atoms with Gasteiger partial charge in [0.05, 0.1) is 17.9 Å². The molecule has 110 valence electrons. The summed E-state index contributed by atoms with van der Waals surface area (Å²) in [4.78, 5) is 24.6. The second kappa shape index (κ2) is 4.99. The summed E-state index contributed by atoms with van der Waals surface area (Å²) in [5.74, 6) is 0.0249. The average molecular weight is 312 g/mol. The fourth-order valence-corrected chi connectivity index (χ4v) is 3.61. The van der Waals surface area contributed by atoms with Crippen LogP contribution in [-0.2, 0) is 0 Å². The average Bonchev–Trinajstić information content (AvgIpc) is 3.24. The Morgan fingerprint density at radius 2 is 2.23 bits per heavy atom. The predicted octanol–water partition coefficient (Wildman–Crippen LogP) is 3.19. The first kappa shape index (κ1) is 13.1. The van der Waals surface area contributed by atoms with Crippen LogP contribution < -0.4 is 5.32 Å². The van der Waals surface area contributed by atoms with Gasteiger partial charge in [-0.2, -0.15) is 0 Å². The molecule has 1 N–H and O–H groups in total. The standard InChI is InChI=1S/C16H12N2O3S/c19-13(14-4-2-7-21-14)9-11-12-3-1-6-18(12)16-10(5-8-22-16)15(20)17-11/h1-8,11H,9H2,(H,17,20). The molecule has 1 aliphatic heterocycles. The van der Waals surface area contributed by atoms with Crippen molar-refractivity contribution in [3.05, 3.63) is 65.2 Å². The molecule has 1 aliphatic rings. The van der Waals surface area contributed by atoms with Crippen LogP contribution in [0.2, 0.25) is 0 Å². The van der Waals surface area contributed by atoms with Crippen LogP contribution >= 0.6 is 11.3 Å². The first-order valence-electron chi connectivity index (χ1n) is 6.87. The zero-order valence-corrected chi connectivity index (χ0v) is 12.3. The number of carbonyl (C=O) groups excluding carboxylic acids is 2. The third kappa shape index (κ3) is 2.00. The van der Waals surface area contributed by atoms with E-state index in [4.69, 9.17) is 4.42 Å². The molecule has 0 aromatic carbocycles. The van der Waals surface area contributed by atoms with Crippen molar-refractivity contribution in [1.82, 2.24) is 9.88 Å². The monoisotopic (exact) mass is 312 g/mol. The number of ketones is 1. The second-order valence-electron chi connectivity index (χ2n) is 5.07. The molecule has 3 aromatic rings. The molecule has 0 saturated carbocycles.